The number of carbonyl (C=O) groups excluding carboxylic acids is 2. The van der Waals surface area contributed by atoms with Crippen LogP contribution in [0.5, 0.6) is 0 Å². The van der Waals surface area contributed by atoms with Gasteiger partial charge in [-0.3, -0.25) is 4.79 Å². The van der Waals surface area contributed by atoms with Crippen molar-refractivity contribution >= 4 is 28.2 Å². The second-order valence-corrected chi connectivity index (χ2v) is 5.77. The number of esters is 1. The third-order valence-corrected chi connectivity index (χ3v) is 4.14. The van der Waals surface area contributed by atoms with Crippen molar-refractivity contribution in [2.45, 2.75) is 38.1 Å². The number of rotatable bonds is 6. The van der Waals surface area contributed by atoms with E-state index >= 15 is 0 Å². The molecule has 5 nitrogen and oxygen atoms in total. The van der Waals surface area contributed by atoms with E-state index in [9.17, 15) is 9.59 Å². The Hall–Kier alpha value is -1.84. The second-order valence-electron chi connectivity index (χ2n) is 4.89. The molecule has 0 aliphatic heterocycles. The molecule has 0 radical (unpaired) electrons. The minimum atomic E-state index is -0.781. The van der Waals surface area contributed by atoms with Gasteiger partial charge >= 0.3 is 5.97 Å². The van der Waals surface area contributed by atoms with Gasteiger partial charge in [-0.05, 0) is 36.6 Å². The molecule has 112 valence electrons. The number of amides is 1. The number of nitrogens with one attached hydrogen (secondary N) is 1. The van der Waals surface area contributed by atoms with Gasteiger partial charge in [0, 0.05) is 6.42 Å². The molecule has 1 aliphatic carbocycles. The molecule has 1 amide bonds. The van der Waals surface area contributed by atoms with E-state index in [4.69, 9.17) is 16.9 Å². The van der Waals surface area contributed by atoms with Crippen LogP contribution in [0.25, 0.3) is 0 Å². The number of hydrogen-bond acceptors (Lipinski definition) is 5. The highest BCUT2D eigenvalue weighted by Gasteiger charge is 2.32. The van der Waals surface area contributed by atoms with Gasteiger partial charge in [0.15, 0.2) is 0 Å². The lowest BCUT2D eigenvalue weighted by atomic mass is 10.1. The van der Waals surface area contributed by atoms with Crippen molar-refractivity contribution in [3.8, 4) is 12.3 Å². The number of hydrogen-bond donors (Lipinski definition) is 2. The highest BCUT2D eigenvalue weighted by Crippen LogP contribution is 2.46. The first-order chi connectivity index (χ1) is 10.1. The Bertz CT molecular complexity index is 584. The maximum atomic E-state index is 12.1. The Morgan fingerprint density at radius 1 is 1.62 bits per heavy atom. The quantitative estimate of drug-likeness (QED) is 0.623. The highest BCUT2D eigenvalue weighted by molar-refractivity contribution is 7.15. The van der Waals surface area contributed by atoms with E-state index in [1.807, 2.05) is 5.38 Å². The van der Waals surface area contributed by atoms with E-state index in [0.717, 1.165) is 18.4 Å². The molecule has 21 heavy (non-hydrogen) atoms. The molecule has 1 fully saturated rings. The summed E-state index contributed by atoms with van der Waals surface area (Å²) in [7, 11) is 0. The molecule has 2 rings (SSSR count). The van der Waals surface area contributed by atoms with E-state index in [1.54, 1.807) is 6.92 Å². The lowest BCUT2D eigenvalue weighted by Gasteiger charge is -2.11. The van der Waals surface area contributed by atoms with Gasteiger partial charge in [0.05, 0.1) is 18.2 Å². The van der Waals surface area contributed by atoms with Gasteiger partial charge in [0.2, 0.25) is 5.91 Å². The largest absolute Gasteiger partial charge is 0.462 e. The van der Waals surface area contributed by atoms with Gasteiger partial charge < -0.3 is 15.8 Å². The molecular weight excluding hydrogens is 288 g/mol. The molecule has 1 unspecified atom stereocenters. The van der Waals surface area contributed by atoms with Crippen molar-refractivity contribution < 1.29 is 14.3 Å². The average Bonchev–Trinajstić information content (AvgIpc) is 3.20. The van der Waals surface area contributed by atoms with Crippen LogP contribution in [0.1, 0.15) is 48.0 Å². The van der Waals surface area contributed by atoms with Crippen molar-refractivity contribution in [3.63, 3.8) is 0 Å². The maximum Gasteiger partial charge on any atom is 0.341 e. The molecule has 0 bridgehead atoms. The molecule has 1 saturated carbocycles. The van der Waals surface area contributed by atoms with E-state index in [1.165, 1.54) is 11.3 Å². The molecule has 1 aromatic heterocycles. The van der Waals surface area contributed by atoms with Crippen LogP contribution >= 0.6 is 11.3 Å². The maximum absolute atomic E-state index is 12.1. The highest BCUT2D eigenvalue weighted by atomic mass is 32.1. The van der Waals surface area contributed by atoms with Crippen molar-refractivity contribution in [1.82, 2.24) is 0 Å². The SMILES string of the molecule is C#CCC(N)C(=O)Nc1scc(C2CC2)c1C(=O)OCC. The fraction of sp³-hybridized carbons (Fsp3) is 0.467. The summed E-state index contributed by atoms with van der Waals surface area (Å²) in [6, 6.07) is -0.781. The van der Waals surface area contributed by atoms with Crippen LogP contribution in [0.3, 0.4) is 0 Å². The number of terminal acetylenes is 1. The molecule has 0 saturated heterocycles. The van der Waals surface area contributed by atoms with Gasteiger partial charge in [-0.1, -0.05) is 0 Å². The zero-order chi connectivity index (χ0) is 15.4. The standard InChI is InChI=1S/C15H18N2O3S/c1-3-5-11(16)13(18)17-14-12(15(19)20-4-2)10(8-21-14)9-6-7-9/h1,8-9,11H,4-7,16H2,2H3,(H,17,18). The molecule has 0 spiro atoms. The smallest absolute Gasteiger partial charge is 0.341 e. The number of ether oxygens (including phenoxy) is 1. The van der Waals surface area contributed by atoms with E-state index in [2.05, 4.69) is 11.2 Å². The van der Waals surface area contributed by atoms with Crippen molar-refractivity contribution in [2.24, 2.45) is 5.73 Å². The number of nitrogens with two attached hydrogens (primary N) is 1. The summed E-state index contributed by atoms with van der Waals surface area (Å²) in [5.41, 5.74) is 7.09. The topological polar surface area (TPSA) is 81.4 Å². The van der Waals surface area contributed by atoms with Crippen LogP contribution in [0.15, 0.2) is 5.38 Å². The zero-order valence-corrected chi connectivity index (χ0v) is 12.7. The molecule has 0 aromatic carbocycles. The number of carbonyl (C=O) groups is 2. The molecular formula is C15H18N2O3S. The summed E-state index contributed by atoms with van der Waals surface area (Å²) < 4.78 is 5.09. The van der Waals surface area contributed by atoms with Gasteiger partial charge in [-0.25, -0.2) is 4.79 Å². The predicted molar refractivity (Wildman–Crippen MR) is 82.3 cm³/mol. The molecule has 6 heteroatoms. The summed E-state index contributed by atoms with van der Waals surface area (Å²) in [5, 5.41) is 5.10. The van der Waals surface area contributed by atoms with E-state index < -0.39 is 12.0 Å². The Balaban J connectivity index is 2.21. The van der Waals surface area contributed by atoms with Gasteiger partial charge in [0.1, 0.15) is 5.00 Å². The summed E-state index contributed by atoms with van der Waals surface area (Å²) in [6.45, 7) is 2.05. The Kier molecular flexibility index (Phi) is 4.99. The van der Waals surface area contributed by atoms with Crippen LogP contribution in [-0.2, 0) is 9.53 Å². The third kappa shape index (κ3) is 3.63. The second kappa shape index (κ2) is 6.74. The van der Waals surface area contributed by atoms with Crippen LogP contribution < -0.4 is 11.1 Å². The first-order valence-corrected chi connectivity index (χ1v) is 7.74. The van der Waals surface area contributed by atoms with Crippen molar-refractivity contribution in [2.75, 3.05) is 11.9 Å². The van der Waals surface area contributed by atoms with Crippen LogP contribution in [0, 0.1) is 12.3 Å². The van der Waals surface area contributed by atoms with Gasteiger partial charge in [-0.2, -0.15) is 0 Å². The first-order valence-electron chi connectivity index (χ1n) is 6.86. The average molecular weight is 306 g/mol. The Morgan fingerprint density at radius 2 is 2.33 bits per heavy atom. The summed E-state index contributed by atoms with van der Waals surface area (Å²) >= 11 is 1.32. The monoisotopic (exact) mass is 306 g/mol. The fourth-order valence-electron chi connectivity index (χ4n) is 2.00. The van der Waals surface area contributed by atoms with Crippen LogP contribution in [-0.4, -0.2) is 24.5 Å². The van der Waals surface area contributed by atoms with Crippen LogP contribution in [0.2, 0.25) is 0 Å². The van der Waals surface area contributed by atoms with Crippen molar-refractivity contribution in [1.29, 1.82) is 0 Å². The molecule has 1 heterocycles. The van der Waals surface area contributed by atoms with E-state index in [0.29, 0.717) is 23.1 Å². The molecule has 1 atom stereocenters. The minimum Gasteiger partial charge on any atom is -0.462 e. The summed E-state index contributed by atoms with van der Waals surface area (Å²) in [6.07, 6.45) is 7.43. The van der Waals surface area contributed by atoms with Crippen molar-refractivity contribution in [3.05, 3.63) is 16.5 Å². The van der Waals surface area contributed by atoms with Gasteiger partial charge in [-0.15, -0.1) is 23.7 Å². The molecule has 1 aliphatic rings. The number of thiophene rings is 1. The van der Waals surface area contributed by atoms with E-state index in [-0.39, 0.29) is 12.3 Å². The lowest BCUT2D eigenvalue weighted by molar-refractivity contribution is -0.117. The van der Waals surface area contributed by atoms with Gasteiger partial charge in [0.25, 0.3) is 0 Å². The Labute approximate surface area is 127 Å². The minimum absolute atomic E-state index is 0.154. The first kappa shape index (κ1) is 15.5. The number of anilines is 1. The molecule has 1 aromatic rings. The normalized spacial score (nSPS) is 15.1. The summed E-state index contributed by atoms with van der Waals surface area (Å²) in [4.78, 5) is 24.1. The van der Waals surface area contributed by atoms with Crippen LogP contribution in [0.4, 0.5) is 5.00 Å². The Morgan fingerprint density at radius 3 is 2.90 bits per heavy atom. The fourth-order valence-corrected chi connectivity index (χ4v) is 3.03. The zero-order valence-electron chi connectivity index (χ0n) is 11.8. The molecule has 3 N–H and O–H groups in total. The third-order valence-electron chi connectivity index (χ3n) is 3.23. The lowest BCUT2D eigenvalue weighted by Crippen LogP contribution is -2.35. The predicted octanol–water partition coefficient (Wildman–Crippen LogP) is 2.09. The summed E-state index contributed by atoms with van der Waals surface area (Å²) in [5.74, 6) is 1.96.